The predicted octanol–water partition coefficient (Wildman–Crippen LogP) is 35.6. The second-order valence-electron chi connectivity index (χ2n) is 33.9. The second-order valence-corrected chi connectivity index (χ2v) is 48.1. The fraction of sp³-hybridized carbons (Fsp3) is 0.327. The Hall–Kier alpha value is -1.23. The molecule has 17 rings (SSSR count). The van der Waals surface area contributed by atoms with Gasteiger partial charge in [0, 0.05) is 83.4 Å². The topological polar surface area (TPSA) is 89.9 Å². The zero-order valence-electron chi connectivity index (χ0n) is 77.7. The van der Waals surface area contributed by atoms with E-state index in [1.807, 2.05) is 196 Å². The summed E-state index contributed by atoms with van der Waals surface area (Å²) in [6.07, 6.45) is 29.8. The molecule has 133 heavy (non-hydrogen) atoms. The number of nitrogens with one attached hydrogen (secondary N) is 3. The van der Waals surface area contributed by atoms with Crippen molar-refractivity contribution in [3.8, 4) is 11.1 Å². The standard InChI is InChI=1S/C33H24P.C20H36P.3C15H15N.C8H16O2P.C5H10.2CH3.2Ar.6ClH.Fe.3Ru/c1-24-20-21-25-12-8-10-18-29(25)32(24)33-30-19-11-9-13-26(30)22-23-31(33)34(27-14-4-2-5-15-27)28-16-6-3-7-17-28;1-16(2)19-14-9-15-20(19)21(17-10-5-3-6-11-17)18-12-7-4-8-13-18;3*1-12(13-8-4-2-5-9-13)15(16)14-10-6-3-7-11-14;1-4-6-7(5-11)10-8(2,3)9-6;1-2-4-5-3-1;;;;;;;;;;;;;;/h2-23H,1H2;16-20H,1,3-15H2,2H3;3*2-12,15-16H,1H2;6-7H,1,4-5,11H2,2-3H3;1-5H2;2*1H3;;;6*1H;;;;/q2*-1;3*-2;-1;;2*-1;;;;;;;;;4*+2/p-4/t;16-,19?,20?;3*12?,15-;;;;;;;;;;;;;;;;/m.1100................/s1. The van der Waals surface area contributed by atoms with E-state index in [-0.39, 0.29) is 209 Å². The quantitative estimate of drug-likeness (QED) is 0.0459. The SMILES string of the molecule is C1CCCC1.[Ar].[Ar].[CH2-]C(c1ccccc1)[C@@H]([NH-])c1ccccc1.[CH2-]C(c1ccccc1)[C@H]([NH-])c1ccccc1.[CH2-]C(c1ccccc1)[C@H]([NH-])c1ccccc1.[CH2-]CC1OC(C)(C)OC1CP.[CH2-][C@H](C)C1CCCC1[PH+](C1CCCCC1)C1CCCCC1.[CH2-]c1ccc2ccccc2c1-c1c([PH+](c2ccccc2)c2ccccc2)ccc2ccccc12.[CH3-].[CH3-].[Cl][Ru][Cl].[Cl][Ru][Cl].[Cl][Ru][Cl].[Fe+2]. The van der Waals surface area contributed by atoms with Crippen LogP contribution < -0.4 is 15.9 Å². The zero-order valence-corrected chi connectivity index (χ0v) is 93.1. The smallest absolute Gasteiger partial charge is 2.00 e. The van der Waals surface area contributed by atoms with E-state index in [2.05, 4.69) is 191 Å². The van der Waals surface area contributed by atoms with Gasteiger partial charge in [-0.05, 0) is 149 Å². The maximum absolute atomic E-state index is 8.19. The van der Waals surface area contributed by atoms with Crippen molar-refractivity contribution < 1.29 is 147 Å². The molecule has 0 amide bonds. The number of ether oxygens (including phenoxy) is 2. The largest absolute Gasteiger partial charge is 2.00 e. The van der Waals surface area contributed by atoms with Gasteiger partial charge in [-0.3, -0.25) is 0 Å². The van der Waals surface area contributed by atoms with Crippen molar-refractivity contribution in [2.24, 2.45) is 11.8 Å². The molecule has 5 aliphatic rings. The molecule has 730 valence electrons. The summed E-state index contributed by atoms with van der Waals surface area (Å²) in [5.74, 6) is 1.20. The van der Waals surface area contributed by atoms with E-state index in [1.54, 1.807) is 57.8 Å². The third kappa shape index (κ3) is 41.8. The number of halogens is 6. The van der Waals surface area contributed by atoms with Crippen molar-refractivity contribution in [2.45, 2.75) is 214 Å². The molecule has 5 nitrogen and oxygen atoms in total. The van der Waals surface area contributed by atoms with Crippen molar-refractivity contribution in [1.82, 2.24) is 0 Å². The fourth-order valence-corrected chi connectivity index (χ4v) is 27.3. The molecule has 0 aromatic heterocycles. The summed E-state index contributed by atoms with van der Waals surface area (Å²) in [7, 11) is 30.4. The van der Waals surface area contributed by atoms with Gasteiger partial charge < -0.3 is 76.1 Å². The van der Waals surface area contributed by atoms with Gasteiger partial charge in [-0.2, -0.15) is 48.6 Å². The molecule has 12 atom stereocenters. The minimum atomic E-state index is -1.26. The summed E-state index contributed by atoms with van der Waals surface area (Å²) >= 11 is -1.04. The van der Waals surface area contributed by atoms with Crippen molar-refractivity contribution in [3.63, 3.8) is 0 Å². The zero-order chi connectivity index (χ0) is 91.8. The molecule has 8 unspecified atom stereocenters. The van der Waals surface area contributed by atoms with Gasteiger partial charge in [0.05, 0.1) is 42.4 Å². The van der Waals surface area contributed by atoms with Crippen LogP contribution in [0.25, 0.3) is 49.9 Å². The van der Waals surface area contributed by atoms with E-state index < -0.39 is 13.7 Å². The normalized spacial score (nSPS) is 17.9. The summed E-state index contributed by atoms with van der Waals surface area (Å²) < 4.78 is 11.2. The van der Waals surface area contributed by atoms with Gasteiger partial charge in [0.15, 0.2) is 5.79 Å². The molecule has 1 heterocycles. The Bertz CT molecular complexity index is 4510. The van der Waals surface area contributed by atoms with Crippen LogP contribution in [-0.2, 0) is 72.0 Å². The summed E-state index contributed by atoms with van der Waals surface area (Å²) in [6.45, 7) is 31.4. The van der Waals surface area contributed by atoms with Crippen LogP contribution in [0, 0.1) is 144 Å². The van der Waals surface area contributed by atoms with Gasteiger partial charge in [-0.1, -0.05) is 364 Å². The van der Waals surface area contributed by atoms with Crippen LogP contribution in [0.15, 0.2) is 315 Å². The van der Waals surface area contributed by atoms with Crippen molar-refractivity contribution in [2.75, 3.05) is 6.16 Å². The molecule has 0 spiro atoms. The molecule has 20 heteroatoms. The molecule has 3 N–H and O–H groups in total. The van der Waals surface area contributed by atoms with Gasteiger partial charge in [0.1, 0.15) is 10.6 Å². The molecule has 1 saturated heterocycles. The molecular weight excluding hydrogens is 2180 g/mol. The van der Waals surface area contributed by atoms with Gasteiger partial charge in [0.2, 0.25) is 0 Å². The first kappa shape index (κ1) is 126. The molecule has 12 aromatic rings. The number of fused-ring (bicyclic) bond motifs is 2. The Morgan fingerprint density at radius 3 is 0.985 bits per heavy atom. The average Bonchev–Trinajstić information content (AvgIpc) is 0.838. The minimum absolute atomic E-state index is 0. The Kier molecular flexibility index (Phi) is 68.3. The monoisotopic (exact) mass is 2310 g/mol. The van der Waals surface area contributed by atoms with Crippen LogP contribution in [-0.4, -0.2) is 41.1 Å². The fourth-order valence-electron chi connectivity index (χ4n) is 18.5. The van der Waals surface area contributed by atoms with Crippen LogP contribution in [0.3, 0.4) is 0 Å². The Labute approximate surface area is 926 Å². The number of hydrogen-bond acceptors (Lipinski definition) is 2. The van der Waals surface area contributed by atoms with Gasteiger partial charge >= 0.3 is 121 Å². The van der Waals surface area contributed by atoms with Gasteiger partial charge in [-0.15, -0.1) is 39.0 Å². The first-order chi connectivity index (χ1) is 62.3. The van der Waals surface area contributed by atoms with Crippen molar-refractivity contribution >= 4 is 121 Å². The van der Waals surface area contributed by atoms with E-state index >= 15 is 0 Å². The summed E-state index contributed by atoms with van der Waals surface area (Å²) in [6, 6.07) is 107. The number of benzene rings is 12. The Balaban J connectivity index is 0.000000409. The molecule has 4 saturated carbocycles. The average molecular weight is 2320 g/mol. The molecule has 12 aromatic carbocycles. The van der Waals surface area contributed by atoms with Gasteiger partial charge in [-0.25, -0.2) is 0 Å². The van der Waals surface area contributed by atoms with Gasteiger partial charge in [0.25, 0.3) is 0 Å². The van der Waals surface area contributed by atoms with E-state index in [9.17, 15) is 0 Å². The second kappa shape index (κ2) is 72.1. The molecule has 0 radical (unpaired) electrons. The van der Waals surface area contributed by atoms with Crippen LogP contribution in [0.5, 0.6) is 0 Å². The summed E-state index contributed by atoms with van der Waals surface area (Å²) in [5.41, 5.74) is 38.1. The summed E-state index contributed by atoms with van der Waals surface area (Å²) in [5, 5.41) is 9.24. The van der Waals surface area contributed by atoms with Crippen molar-refractivity contribution in [3.05, 3.63) is 428 Å². The maximum Gasteiger partial charge on any atom is 2.00 e. The van der Waals surface area contributed by atoms with E-state index in [4.69, 9.17) is 84.8 Å². The van der Waals surface area contributed by atoms with E-state index in [1.165, 1.54) is 118 Å². The Morgan fingerprint density at radius 1 is 0.383 bits per heavy atom. The van der Waals surface area contributed by atoms with Crippen LogP contribution >= 0.6 is 83.2 Å². The number of hydrogen-bond donors (Lipinski definition) is 0. The van der Waals surface area contributed by atoms with E-state index in [0.717, 1.165) is 63.1 Å². The number of rotatable bonds is 19. The first-order valence-corrected chi connectivity index (χ1v) is 62.6. The molecule has 4 aliphatic carbocycles. The molecule has 0 bridgehead atoms. The third-order valence-corrected chi connectivity index (χ3v) is 32.7. The van der Waals surface area contributed by atoms with Crippen LogP contribution in [0.4, 0.5) is 0 Å². The molecular formula is C113H139Ar2Cl6FeN3O2P3Ru3-7. The summed E-state index contributed by atoms with van der Waals surface area (Å²) in [4.78, 5) is 0. The Morgan fingerprint density at radius 2 is 0.669 bits per heavy atom. The predicted molar refractivity (Wildman–Crippen MR) is 573 cm³/mol. The molecule has 5 fully saturated rings. The van der Waals surface area contributed by atoms with Crippen molar-refractivity contribution in [1.29, 1.82) is 0 Å². The van der Waals surface area contributed by atoms with Crippen LogP contribution in [0.1, 0.15) is 218 Å². The minimum Gasteiger partial charge on any atom is 2.00 e. The van der Waals surface area contributed by atoms with E-state index in [0.29, 0.717) is 5.92 Å². The maximum atomic E-state index is 8.19. The third-order valence-electron chi connectivity index (χ3n) is 24.9. The molecule has 1 aliphatic heterocycles. The van der Waals surface area contributed by atoms with Crippen LogP contribution in [0.2, 0.25) is 0 Å². The first-order valence-electron chi connectivity index (χ1n) is 45.1.